The van der Waals surface area contributed by atoms with E-state index in [1.807, 2.05) is 0 Å². The molecule has 4 nitrogen and oxygen atoms in total. The molecule has 0 N–H and O–H groups in total. The number of amides is 1. The zero-order valence-corrected chi connectivity index (χ0v) is 14.4. The van der Waals surface area contributed by atoms with E-state index >= 15 is 0 Å². The number of likely N-dealkylation sites (tertiary alicyclic amines) is 2. The Morgan fingerprint density at radius 3 is 2.58 bits per heavy atom. The van der Waals surface area contributed by atoms with Crippen LogP contribution in [0.3, 0.4) is 0 Å². The summed E-state index contributed by atoms with van der Waals surface area (Å²) < 4.78 is 5.47. The van der Waals surface area contributed by atoms with E-state index in [0.29, 0.717) is 23.9 Å². The van der Waals surface area contributed by atoms with Gasteiger partial charge in [0, 0.05) is 51.4 Å². The van der Waals surface area contributed by atoms with E-state index in [0.717, 1.165) is 65.0 Å². The molecule has 0 aliphatic carbocycles. The van der Waals surface area contributed by atoms with Crippen LogP contribution in [0.1, 0.15) is 37.7 Å². The molecule has 3 saturated heterocycles. The van der Waals surface area contributed by atoms with Crippen molar-refractivity contribution in [1.29, 1.82) is 0 Å². The van der Waals surface area contributed by atoms with E-state index in [1.165, 1.54) is 5.56 Å². The molecule has 3 aliphatic rings. The molecule has 1 amide bonds. The number of benzene rings is 1. The minimum Gasteiger partial charge on any atom is -0.381 e. The van der Waals surface area contributed by atoms with Crippen molar-refractivity contribution in [2.45, 2.75) is 50.7 Å². The molecule has 1 aromatic carbocycles. The number of nitrogens with zero attached hydrogens (tertiary/aromatic N) is 2. The van der Waals surface area contributed by atoms with Gasteiger partial charge in [0.2, 0.25) is 5.91 Å². The lowest BCUT2D eigenvalue weighted by atomic mass is 9.92. The van der Waals surface area contributed by atoms with Crippen molar-refractivity contribution < 1.29 is 9.53 Å². The third-order valence-electron chi connectivity index (χ3n) is 6.02. The maximum absolute atomic E-state index is 12.6. The molecule has 3 heterocycles. The molecule has 24 heavy (non-hydrogen) atoms. The number of rotatable bonds is 4. The lowest BCUT2D eigenvalue weighted by molar-refractivity contribution is -0.139. The zero-order valence-electron chi connectivity index (χ0n) is 14.4. The largest absolute Gasteiger partial charge is 0.381 e. The third kappa shape index (κ3) is 3.35. The highest BCUT2D eigenvalue weighted by molar-refractivity contribution is 5.77. The second-order valence-electron chi connectivity index (χ2n) is 7.52. The number of fused-ring (bicyclic) bond motifs is 1. The predicted molar refractivity (Wildman–Crippen MR) is 93.5 cm³/mol. The quantitative estimate of drug-likeness (QED) is 0.852. The summed E-state index contributed by atoms with van der Waals surface area (Å²) in [6.45, 7) is 4.80. The van der Waals surface area contributed by atoms with Crippen LogP contribution in [-0.4, -0.2) is 54.1 Å². The molecular weight excluding hydrogens is 300 g/mol. The summed E-state index contributed by atoms with van der Waals surface area (Å²) in [5.41, 5.74) is 1.38. The number of carbonyl (C=O) groups is 1. The number of hydrogen-bond acceptors (Lipinski definition) is 3. The first-order valence-corrected chi connectivity index (χ1v) is 9.46. The van der Waals surface area contributed by atoms with Crippen molar-refractivity contribution >= 4 is 5.91 Å². The molecule has 0 spiro atoms. The van der Waals surface area contributed by atoms with Gasteiger partial charge in [-0.05, 0) is 37.2 Å². The minimum atomic E-state index is 0.379. The normalized spacial score (nSPS) is 29.0. The van der Waals surface area contributed by atoms with Crippen molar-refractivity contribution in [3.05, 3.63) is 35.9 Å². The van der Waals surface area contributed by atoms with Crippen molar-refractivity contribution in [3.63, 3.8) is 0 Å². The summed E-state index contributed by atoms with van der Waals surface area (Å²) in [6.07, 6.45) is 5.09. The molecule has 130 valence electrons. The first kappa shape index (κ1) is 16.1. The molecule has 0 radical (unpaired) electrons. The van der Waals surface area contributed by atoms with E-state index in [9.17, 15) is 4.79 Å². The van der Waals surface area contributed by atoms with Crippen LogP contribution in [0.25, 0.3) is 0 Å². The van der Waals surface area contributed by atoms with Crippen LogP contribution in [0.5, 0.6) is 0 Å². The van der Waals surface area contributed by atoms with Crippen LogP contribution in [-0.2, 0) is 16.1 Å². The minimum absolute atomic E-state index is 0.379. The van der Waals surface area contributed by atoms with Gasteiger partial charge in [-0.3, -0.25) is 9.69 Å². The van der Waals surface area contributed by atoms with Crippen molar-refractivity contribution in [3.8, 4) is 0 Å². The summed E-state index contributed by atoms with van der Waals surface area (Å²) in [6, 6.07) is 11.7. The molecule has 2 unspecified atom stereocenters. The molecule has 0 saturated carbocycles. The van der Waals surface area contributed by atoms with Crippen LogP contribution < -0.4 is 0 Å². The number of hydrogen-bond donors (Lipinski definition) is 0. The molecular formula is C20H28N2O2. The standard InChI is InChI=1S/C20H28N2O2/c23-20-7-6-18-19(22(20)15-17-9-12-24-13-10-17)8-11-21(18)14-16-4-2-1-3-5-16/h1-5,17-19H,6-15H2. The van der Waals surface area contributed by atoms with Gasteiger partial charge < -0.3 is 9.64 Å². The van der Waals surface area contributed by atoms with Gasteiger partial charge in [-0.1, -0.05) is 30.3 Å². The van der Waals surface area contributed by atoms with E-state index in [1.54, 1.807) is 0 Å². The van der Waals surface area contributed by atoms with Gasteiger partial charge in [0.25, 0.3) is 0 Å². The van der Waals surface area contributed by atoms with E-state index < -0.39 is 0 Å². The van der Waals surface area contributed by atoms with Gasteiger partial charge in [0.05, 0.1) is 0 Å². The summed E-state index contributed by atoms with van der Waals surface area (Å²) >= 11 is 0. The summed E-state index contributed by atoms with van der Waals surface area (Å²) in [5.74, 6) is 1.01. The second-order valence-corrected chi connectivity index (χ2v) is 7.52. The van der Waals surface area contributed by atoms with Gasteiger partial charge in [0.15, 0.2) is 0 Å². The first-order valence-electron chi connectivity index (χ1n) is 9.46. The Balaban J connectivity index is 1.42. The molecule has 4 heteroatoms. The molecule has 2 atom stereocenters. The zero-order chi connectivity index (χ0) is 16.4. The van der Waals surface area contributed by atoms with Gasteiger partial charge in [-0.25, -0.2) is 0 Å². The smallest absolute Gasteiger partial charge is 0.222 e. The average molecular weight is 328 g/mol. The average Bonchev–Trinajstić information content (AvgIpc) is 3.02. The number of carbonyl (C=O) groups excluding carboxylic acids is 1. The Kier molecular flexibility index (Phi) is 4.86. The second kappa shape index (κ2) is 7.24. The Morgan fingerprint density at radius 1 is 1.00 bits per heavy atom. The first-order chi connectivity index (χ1) is 11.8. The van der Waals surface area contributed by atoms with Gasteiger partial charge in [-0.2, -0.15) is 0 Å². The van der Waals surface area contributed by atoms with Gasteiger partial charge in [-0.15, -0.1) is 0 Å². The summed E-state index contributed by atoms with van der Waals surface area (Å²) in [7, 11) is 0. The fraction of sp³-hybridized carbons (Fsp3) is 0.650. The third-order valence-corrected chi connectivity index (χ3v) is 6.02. The van der Waals surface area contributed by atoms with Crippen LogP contribution in [0.15, 0.2) is 30.3 Å². The topological polar surface area (TPSA) is 32.8 Å². The van der Waals surface area contributed by atoms with Crippen LogP contribution in [0, 0.1) is 5.92 Å². The highest BCUT2D eigenvalue weighted by atomic mass is 16.5. The Bertz CT molecular complexity index is 556. The molecule has 3 aliphatic heterocycles. The fourth-order valence-corrected chi connectivity index (χ4v) is 4.70. The predicted octanol–water partition coefficient (Wildman–Crippen LogP) is 2.68. The van der Waals surface area contributed by atoms with Crippen molar-refractivity contribution in [2.75, 3.05) is 26.3 Å². The van der Waals surface area contributed by atoms with Crippen LogP contribution >= 0.6 is 0 Å². The molecule has 4 rings (SSSR count). The number of piperidine rings is 1. The maximum atomic E-state index is 12.6. The van der Waals surface area contributed by atoms with E-state index in [4.69, 9.17) is 4.74 Å². The van der Waals surface area contributed by atoms with Crippen LogP contribution in [0.4, 0.5) is 0 Å². The van der Waals surface area contributed by atoms with Crippen molar-refractivity contribution in [1.82, 2.24) is 9.80 Å². The van der Waals surface area contributed by atoms with E-state index in [-0.39, 0.29) is 0 Å². The molecule has 1 aromatic rings. The number of ether oxygens (including phenoxy) is 1. The monoisotopic (exact) mass is 328 g/mol. The highest BCUT2D eigenvalue weighted by Gasteiger charge is 2.43. The highest BCUT2D eigenvalue weighted by Crippen LogP contribution is 2.33. The lowest BCUT2D eigenvalue weighted by Gasteiger charge is -2.42. The van der Waals surface area contributed by atoms with Gasteiger partial charge in [0.1, 0.15) is 0 Å². The molecule has 0 aromatic heterocycles. The maximum Gasteiger partial charge on any atom is 0.222 e. The Hall–Kier alpha value is -1.39. The van der Waals surface area contributed by atoms with E-state index in [2.05, 4.69) is 40.1 Å². The Labute approximate surface area is 144 Å². The van der Waals surface area contributed by atoms with Gasteiger partial charge >= 0.3 is 0 Å². The fourth-order valence-electron chi connectivity index (χ4n) is 4.70. The van der Waals surface area contributed by atoms with Crippen LogP contribution in [0.2, 0.25) is 0 Å². The lowest BCUT2D eigenvalue weighted by Crippen LogP contribution is -2.53. The van der Waals surface area contributed by atoms with Crippen molar-refractivity contribution in [2.24, 2.45) is 5.92 Å². The molecule has 3 fully saturated rings. The summed E-state index contributed by atoms with van der Waals surface area (Å²) in [5, 5.41) is 0. The Morgan fingerprint density at radius 2 is 1.79 bits per heavy atom. The molecule has 0 bridgehead atoms. The summed E-state index contributed by atoms with van der Waals surface area (Å²) in [4.78, 5) is 17.4. The SMILES string of the molecule is O=C1CCC2C(CCN2Cc2ccccc2)N1CC1CCOCC1.